The molecule has 0 amide bonds. The topological polar surface area (TPSA) is 116 Å². The molecule has 0 unspecified atom stereocenters. The molecule has 2 heterocycles. The molecule has 2 aromatic heterocycles. The molecule has 0 saturated heterocycles. The van der Waals surface area contributed by atoms with E-state index in [1.807, 2.05) is 67.7 Å². The van der Waals surface area contributed by atoms with Crippen molar-refractivity contribution in [2.24, 2.45) is 0 Å². The molecule has 0 atom stereocenters. The molecule has 5 aromatic rings. The predicted molar refractivity (Wildman–Crippen MR) is 138 cm³/mol. The fraction of sp³-hybridized carbons (Fsp3) is 0.0741. The highest BCUT2D eigenvalue weighted by Crippen LogP contribution is 2.34. The van der Waals surface area contributed by atoms with Gasteiger partial charge in [0, 0.05) is 24.9 Å². The molecular formula is C27H23N5O4. The Balaban J connectivity index is 0.000000179. The van der Waals surface area contributed by atoms with Gasteiger partial charge in [-0.3, -0.25) is 10.1 Å². The zero-order chi connectivity index (χ0) is 25.3. The Bertz CT molecular complexity index is 1480. The number of anilines is 1. The number of rotatable bonds is 6. The van der Waals surface area contributed by atoms with Crippen LogP contribution in [0.4, 0.5) is 11.4 Å². The average Bonchev–Trinajstić information content (AvgIpc) is 3.43. The third-order valence-corrected chi connectivity index (χ3v) is 5.40. The summed E-state index contributed by atoms with van der Waals surface area (Å²) in [4.78, 5) is 22.5. The lowest BCUT2D eigenvalue weighted by Gasteiger charge is -2.13. The number of para-hydroxylation sites is 1. The maximum atomic E-state index is 12.2. The summed E-state index contributed by atoms with van der Waals surface area (Å²) in [5, 5.41) is 21.2. The van der Waals surface area contributed by atoms with Crippen molar-refractivity contribution in [2.75, 3.05) is 12.4 Å². The van der Waals surface area contributed by atoms with Gasteiger partial charge in [-0.2, -0.15) is 0 Å². The second kappa shape index (κ2) is 11.4. The smallest absolute Gasteiger partial charge is 0.345 e. The van der Waals surface area contributed by atoms with E-state index in [1.165, 1.54) is 18.5 Å². The van der Waals surface area contributed by atoms with E-state index in [0.717, 1.165) is 22.4 Å². The summed E-state index contributed by atoms with van der Waals surface area (Å²) < 4.78 is 6.79. The molecule has 3 aromatic carbocycles. The maximum Gasteiger partial charge on any atom is 0.345 e. The first-order chi connectivity index (χ1) is 17.6. The number of nitro groups is 1. The van der Waals surface area contributed by atoms with E-state index in [1.54, 1.807) is 29.1 Å². The first-order valence-electron chi connectivity index (χ1n) is 11.1. The van der Waals surface area contributed by atoms with Crippen molar-refractivity contribution < 1.29 is 9.34 Å². The highest BCUT2D eigenvalue weighted by Gasteiger charge is 2.16. The van der Waals surface area contributed by atoms with E-state index in [2.05, 4.69) is 15.6 Å². The van der Waals surface area contributed by atoms with E-state index in [9.17, 15) is 14.9 Å². The summed E-state index contributed by atoms with van der Waals surface area (Å²) >= 11 is 0. The minimum absolute atomic E-state index is 0.105. The van der Waals surface area contributed by atoms with Crippen LogP contribution in [0.5, 0.6) is 0 Å². The van der Waals surface area contributed by atoms with Gasteiger partial charge in [0.1, 0.15) is 6.26 Å². The Morgan fingerprint density at radius 1 is 0.944 bits per heavy atom. The fourth-order valence-corrected chi connectivity index (χ4v) is 3.74. The molecule has 0 saturated carbocycles. The number of nitro benzene ring substituents is 1. The monoisotopic (exact) mass is 481 g/mol. The Morgan fingerprint density at radius 3 is 2.19 bits per heavy atom. The number of nitrogens with zero attached hydrogens (tertiary/aromatic N) is 4. The van der Waals surface area contributed by atoms with Crippen LogP contribution in [0.25, 0.3) is 22.3 Å². The number of hydrogen-bond donors (Lipinski definition) is 1. The van der Waals surface area contributed by atoms with E-state index in [-0.39, 0.29) is 11.3 Å². The normalized spacial score (nSPS) is 10.2. The van der Waals surface area contributed by atoms with Crippen LogP contribution in [0.15, 0.2) is 113 Å². The third-order valence-electron chi connectivity index (χ3n) is 5.40. The van der Waals surface area contributed by atoms with Crippen LogP contribution in [-0.2, 0) is 6.54 Å². The first kappa shape index (κ1) is 24.1. The molecular weight excluding hydrogens is 458 g/mol. The quantitative estimate of drug-likeness (QED) is 0.260. The van der Waals surface area contributed by atoms with Crippen LogP contribution >= 0.6 is 0 Å². The standard InChI is InChI=1S/C18H15NO2.C9H8N4O2/c1-19-17-15(13-8-4-2-5-9-13)12-21-18(20)16(17)14-10-6-3-7-11-14;14-13(15)9-4-2-1-3-8(9)7-12-6-5-10-11-12/h2-12,19H,1H3;1-6H,7H2. The van der Waals surface area contributed by atoms with E-state index in [0.29, 0.717) is 17.7 Å². The first-order valence-corrected chi connectivity index (χ1v) is 11.1. The Hall–Kier alpha value is -5.05. The van der Waals surface area contributed by atoms with Crippen molar-refractivity contribution in [1.82, 2.24) is 15.0 Å². The van der Waals surface area contributed by atoms with Gasteiger partial charge in [0.05, 0.1) is 34.5 Å². The van der Waals surface area contributed by atoms with Gasteiger partial charge in [-0.1, -0.05) is 84.1 Å². The molecule has 9 nitrogen and oxygen atoms in total. The molecule has 0 aliphatic rings. The third kappa shape index (κ3) is 5.53. The van der Waals surface area contributed by atoms with Crippen molar-refractivity contribution in [3.63, 3.8) is 0 Å². The highest BCUT2D eigenvalue weighted by molar-refractivity contribution is 5.88. The number of nitrogens with one attached hydrogen (secondary N) is 1. The maximum absolute atomic E-state index is 12.2. The fourth-order valence-electron chi connectivity index (χ4n) is 3.74. The summed E-state index contributed by atoms with van der Waals surface area (Å²) in [6, 6.07) is 26.0. The van der Waals surface area contributed by atoms with Crippen LogP contribution in [0, 0.1) is 10.1 Å². The zero-order valence-electron chi connectivity index (χ0n) is 19.4. The second-order valence-electron chi connectivity index (χ2n) is 7.66. The lowest BCUT2D eigenvalue weighted by atomic mass is 9.99. The minimum Gasteiger partial charge on any atom is -0.430 e. The molecule has 36 heavy (non-hydrogen) atoms. The van der Waals surface area contributed by atoms with Crippen LogP contribution < -0.4 is 10.9 Å². The SMILES string of the molecule is CNc1c(-c2ccccc2)coc(=O)c1-c1ccccc1.O=[N+]([O-])c1ccccc1Cn1ccnn1. The van der Waals surface area contributed by atoms with Crippen molar-refractivity contribution in [1.29, 1.82) is 0 Å². The predicted octanol–water partition coefficient (Wildman–Crippen LogP) is 5.25. The summed E-state index contributed by atoms with van der Waals surface area (Å²) in [5.74, 6) is 0. The van der Waals surface area contributed by atoms with Gasteiger partial charge < -0.3 is 9.73 Å². The average molecular weight is 482 g/mol. The summed E-state index contributed by atoms with van der Waals surface area (Å²) in [7, 11) is 1.81. The Kier molecular flexibility index (Phi) is 7.62. The van der Waals surface area contributed by atoms with E-state index < -0.39 is 4.92 Å². The highest BCUT2D eigenvalue weighted by atomic mass is 16.6. The molecule has 1 N–H and O–H groups in total. The zero-order valence-corrected chi connectivity index (χ0v) is 19.4. The number of aromatic nitrogens is 3. The van der Waals surface area contributed by atoms with Crippen LogP contribution in [0.3, 0.4) is 0 Å². The Morgan fingerprint density at radius 2 is 1.58 bits per heavy atom. The summed E-state index contributed by atoms with van der Waals surface area (Å²) in [5.41, 5.74) is 4.43. The van der Waals surface area contributed by atoms with Gasteiger partial charge in [0.2, 0.25) is 0 Å². The van der Waals surface area contributed by atoms with E-state index in [4.69, 9.17) is 4.42 Å². The van der Waals surface area contributed by atoms with Crippen molar-refractivity contribution in [3.8, 4) is 22.3 Å². The minimum atomic E-state index is -0.397. The molecule has 9 heteroatoms. The lowest BCUT2D eigenvalue weighted by Crippen LogP contribution is -2.08. The van der Waals surface area contributed by atoms with E-state index >= 15 is 0 Å². The van der Waals surface area contributed by atoms with Gasteiger partial charge in [0.25, 0.3) is 5.69 Å². The van der Waals surface area contributed by atoms with Crippen molar-refractivity contribution in [3.05, 3.63) is 130 Å². The molecule has 0 fully saturated rings. The van der Waals surface area contributed by atoms with Crippen LogP contribution in [-0.4, -0.2) is 27.0 Å². The van der Waals surface area contributed by atoms with Gasteiger partial charge in [0.15, 0.2) is 0 Å². The molecule has 0 bridgehead atoms. The van der Waals surface area contributed by atoms with Gasteiger partial charge in [-0.05, 0) is 11.1 Å². The molecule has 0 radical (unpaired) electrons. The Labute approximate surface area is 206 Å². The van der Waals surface area contributed by atoms with Gasteiger partial charge >= 0.3 is 5.63 Å². The molecule has 5 rings (SSSR count). The van der Waals surface area contributed by atoms with Crippen LogP contribution in [0.2, 0.25) is 0 Å². The van der Waals surface area contributed by atoms with Crippen LogP contribution in [0.1, 0.15) is 5.56 Å². The molecule has 0 aliphatic heterocycles. The summed E-state index contributed by atoms with van der Waals surface area (Å²) in [6.07, 6.45) is 4.71. The largest absolute Gasteiger partial charge is 0.430 e. The van der Waals surface area contributed by atoms with Crippen molar-refractivity contribution >= 4 is 11.4 Å². The number of hydrogen-bond acceptors (Lipinski definition) is 7. The molecule has 0 aliphatic carbocycles. The van der Waals surface area contributed by atoms with Crippen molar-refractivity contribution in [2.45, 2.75) is 6.54 Å². The second-order valence-corrected chi connectivity index (χ2v) is 7.66. The van der Waals surface area contributed by atoms with Gasteiger partial charge in [-0.25, -0.2) is 9.48 Å². The molecule has 180 valence electrons. The lowest BCUT2D eigenvalue weighted by molar-refractivity contribution is -0.385. The van der Waals surface area contributed by atoms with Gasteiger partial charge in [-0.15, -0.1) is 5.10 Å². The molecule has 0 spiro atoms. The number of benzene rings is 3. The summed E-state index contributed by atoms with van der Waals surface area (Å²) in [6.45, 7) is 0.358.